The summed E-state index contributed by atoms with van der Waals surface area (Å²) in [6.07, 6.45) is 6.23. The van der Waals surface area contributed by atoms with Gasteiger partial charge < -0.3 is 10.4 Å². The lowest BCUT2D eigenvalue weighted by Gasteiger charge is -2.30. The number of aryl methyl sites for hydroxylation is 2. The minimum atomic E-state index is -0.378. The molecule has 1 saturated carbocycles. The summed E-state index contributed by atoms with van der Waals surface area (Å²) in [6.45, 7) is 3.58. The van der Waals surface area contributed by atoms with Crippen molar-refractivity contribution in [3.8, 4) is 0 Å². The third-order valence-electron chi connectivity index (χ3n) is 4.93. The van der Waals surface area contributed by atoms with Crippen LogP contribution in [0.5, 0.6) is 0 Å². The summed E-state index contributed by atoms with van der Waals surface area (Å²) in [4.78, 5) is 25.0. The molecule has 128 valence electrons. The highest BCUT2D eigenvalue weighted by Crippen LogP contribution is 2.28. The molecule has 0 spiro atoms. The maximum absolute atomic E-state index is 12.7. The van der Waals surface area contributed by atoms with E-state index in [0.29, 0.717) is 23.6 Å². The number of aliphatic hydroxyl groups is 1. The normalized spacial score (nSPS) is 17.0. The largest absolute Gasteiger partial charge is 0.396 e. The molecule has 2 rings (SSSR count). The molecule has 1 fully saturated rings. The van der Waals surface area contributed by atoms with E-state index < -0.39 is 0 Å². The monoisotopic (exact) mass is 321 g/mol. The fourth-order valence-electron chi connectivity index (χ4n) is 3.46. The van der Waals surface area contributed by atoms with Gasteiger partial charge >= 0.3 is 0 Å². The third-order valence-corrected chi connectivity index (χ3v) is 4.93. The van der Waals surface area contributed by atoms with Crippen LogP contribution in [0.1, 0.15) is 60.1 Å². The molecule has 1 heterocycles. The van der Waals surface area contributed by atoms with E-state index >= 15 is 0 Å². The minimum Gasteiger partial charge on any atom is -0.396 e. The third kappa shape index (κ3) is 3.99. The average molecular weight is 321 g/mol. The molecule has 1 aliphatic carbocycles. The first-order valence-electron chi connectivity index (χ1n) is 8.42. The second-order valence-electron chi connectivity index (χ2n) is 6.50. The van der Waals surface area contributed by atoms with Gasteiger partial charge in [-0.15, -0.1) is 0 Å². The lowest BCUT2D eigenvalue weighted by molar-refractivity contribution is 0.0896. The van der Waals surface area contributed by atoms with E-state index in [2.05, 4.69) is 10.4 Å². The van der Waals surface area contributed by atoms with Gasteiger partial charge in [-0.3, -0.25) is 9.59 Å². The van der Waals surface area contributed by atoms with Gasteiger partial charge in [0.15, 0.2) is 0 Å². The molecule has 0 bridgehead atoms. The van der Waals surface area contributed by atoms with Crippen LogP contribution in [0.2, 0.25) is 0 Å². The Labute approximate surface area is 136 Å². The van der Waals surface area contributed by atoms with Gasteiger partial charge in [-0.1, -0.05) is 19.3 Å². The van der Waals surface area contributed by atoms with Crippen molar-refractivity contribution in [3.05, 3.63) is 27.2 Å². The van der Waals surface area contributed by atoms with Crippen LogP contribution in [-0.2, 0) is 7.05 Å². The molecule has 6 heteroatoms. The van der Waals surface area contributed by atoms with Gasteiger partial charge in [-0.25, -0.2) is 4.68 Å². The van der Waals surface area contributed by atoms with Gasteiger partial charge in [-0.2, -0.15) is 5.10 Å². The topological polar surface area (TPSA) is 84.2 Å². The lowest BCUT2D eigenvalue weighted by Crippen LogP contribution is -2.44. The Morgan fingerprint density at radius 1 is 1.35 bits per heavy atom. The number of carbonyl (C=O) groups excluding carboxylic acids is 1. The SMILES string of the molecule is Cc1nn(C)c(=O)c(C(=O)NC(CCO)C2CCCCC2)c1C. The Kier molecular flexibility index (Phi) is 5.93. The summed E-state index contributed by atoms with van der Waals surface area (Å²) in [5, 5.41) is 16.4. The summed E-state index contributed by atoms with van der Waals surface area (Å²) in [7, 11) is 1.55. The predicted molar refractivity (Wildman–Crippen MR) is 88.5 cm³/mol. The molecule has 2 N–H and O–H groups in total. The van der Waals surface area contributed by atoms with Gasteiger partial charge in [0.2, 0.25) is 0 Å². The van der Waals surface area contributed by atoms with Crippen molar-refractivity contribution in [1.82, 2.24) is 15.1 Å². The van der Waals surface area contributed by atoms with E-state index in [1.54, 1.807) is 20.9 Å². The van der Waals surface area contributed by atoms with Crippen LogP contribution in [0, 0.1) is 19.8 Å². The Morgan fingerprint density at radius 2 is 2.00 bits per heavy atom. The molecule has 0 radical (unpaired) electrons. The fourth-order valence-corrected chi connectivity index (χ4v) is 3.46. The van der Waals surface area contributed by atoms with Gasteiger partial charge in [0, 0.05) is 19.7 Å². The van der Waals surface area contributed by atoms with E-state index in [1.807, 2.05) is 0 Å². The molecule has 23 heavy (non-hydrogen) atoms. The zero-order valence-corrected chi connectivity index (χ0v) is 14.3. The molecule has 1 atom stereocenters. The van der Waals surface area contributed by atoms with E-state index in [4.69, 9.17) is 0 Å². The second-order valence-corrected chi connectivity index (χ2v) is 6.50. The first-order chi connectivity index (χ1) is 11.0. The number of aliphatic hydroxyl groups excluding tert-OH is 1. The van der Waals surface area contributed by atoms with Crippen molar-refractivity contribution in [3.63, 3.8) is 0 Å². The number of rotatable bonds is 5. The smallest absolute Gasteiger partial charge is 0.279 e. The number of amides is 1. The summed E-state index contributed by atoms with van der Waals surface area (Å²) in [6, 6.07) is -0.0784. The van der Waals surface area contributed by atoms with Crippen molar-refractivity contribution in [2.24, 2.45) is 13.0 Å². The zero-order valence-electron chi connectivity index (χ0n) is 14.3. The van der Waals surface area contributed by atoms with Crippen LogP contribution in [0.15, 0.2) is 4.79 Å². The number of carbonyl (C=O) groups is 1. The summed E-state index contributed by atoms with van der Waals surface area (Å²) >= 11 is 0. The molecule has 1 amide bonds. The summed E-state index contributed by atoms with van der Waals surface area (Å²) in [5.41, 5.74) is 1.08. The summed E-state index contributed by atoms with van der Waals surface area (Å²) in [5.74, 6) is 0.0320. The fraction of sp³-hybridized carbons (Fsp3) is 0.706. The van der Waals surface area contributed by atoms with Crippen molar-refractivity contribution < 1.29 is 9.90 Å². The van der Waals surface area contributed by atoms with Crippen molar-refractivity contribution in [2.45, 2.75) is 58.4 Å². The van der Waals surface area contributed by atoms with E-state index in [0.717, 1.165) is 25.7 Å². The van der Waals surface area contributed by atoms with E-state index in [-0.39, 0.29) is 29.7 Å². The van der Waals surface area contributed by atoms with Crippen LogP contribution < -0.4 is 10.9 Å². The predicted octanol–water partition coefficient (Wildman–Crippen LogP) is 1.46. The molecule has 1 aromatic rings. The minimum absolute atomic E-state index is 0.0355. The Balaban J connectivity index is 2.23. The van der Waals surface area contributed by atoms with Crippen LogP contribution >= 0.6 is 0 Å². The molecule has 1 aromatic heterocycles. The number of hydrogen-bond acceptors (Lipinski definition) is 4. The zero-order chi connectivity index (χ0) is 17.0. The molecule has 6 nitrogen and oxygen atoms in total. The van der Waals surface area contributed by atoms with Crippen LogP contribution in [0.25, 0.3) is 0 Å². The van der Waals surface area contributed by atoms with Crippen molar-refractivity contribution >= 4 is 5.91 Å². The maximum Gasteiger partial charge on any atom is 0.279 e. The molecule has 1 unspecified atom stereocenters. The molecular formula is C17H27N3O3. The van der Waals surface area contributed by atoms with E-state index in [9.17, 15) is 14.7 Å². The number of hydrogen-bond donors (Lipinski definition) is 2. The number of aromatic nitrogens is 2. The number of nitrogens with one attached hydrogen (secondary N) is 1. The molecule has 0 saturated heterocycles. The highest BCUT2D eigenvalue weighted by molar-refractivity contribution is 5.95. The average Bonchev–Trinajstić information content (AvgIpc) is 2.54. The Bertz CT molecular complexity index is 618. The van der Waals surface area contributed by atoms with Crippen molar-refractivity contribution in [2.75, 3.05) is 6.61 Å². The standard InChI is InChI=1S/C17H27N3O3/c1-11-12(2)19-20(3)17(23)15(11)16(22)18-14(9-10-21)13-7-5-4-6-8-13/h13-14,21H,4-10H2,1-3H3,(H,18,22). The lowest BCUT2D eigenvalue weighted by atomic mass is 9.82. The second kappa shape index (κ2) is 7.73. The number of nitrogens with zero attached hydrogens (tertiary/aromatic N) is 2. The first kappa shape index (κ1) is 17.7. The van der Waals surface area contributed by atoms with E-state index in [1.165, 1.54) is 11.1 Å². The van der Waals surface area contributed by atoms with Gasteiger partial charge in [0.1, 0.15) is 5.56 Å². The first-order valence-corrected chi connectivity index (χ1v) is 8.42. The quantitative estimate of drug-likeness (QED) is 0.860. The molecule has 0 aromatic carbocycles. The highest BCUT2D eigenvalue weighted by Gasteiger charge is 2.27. The van der Waals surface area contributed by atoms with Crippen LogP contribution in [0.4, 0.5) is 0 Å². The van der Waals surface area contributed by atoms with Gasteiger partial charge in [0.25, 0.3) is 11.5 Å². The highest BCUT2D eigenvalue weighted by atomic mass is 16.3. The Hall–Kier alpha value is -1.69. The van der Waals surface area contributed by atoms with Gasteiger partial charge in [0.05, 0.1) is 5.69 Å². The van der Waals surface area contributed by atoms with Gasteiger partial charge in [-0.05, 0) is 44.6 Å². The summed E-state index contributed by atoms with van der Waals surface area (Å²) < 4.78 is 1.21. The molecular weight excluding hydrogens is 294 g/mol. The molecule has 0 aliphatic heterocycles. The van der Waals surface area contributed by atoms with Crippen LogP contribution in [-0.4, -0.2) is 33.4 Å². The maximum atomic E-state index is 12.7. The van der Waals surface area contributed by atoms with Crippen molar-refractivity contribution in [1.29, 1.82) is 0 Å². The molecule has 1 aliphatic rings. The van der Waals surface area contributed by atoms with Crippen LogP contribution in [0.3, 0.4) is 0 Å². The Morgan fingerprint density at radius 3 is 2.61 bits per heavy atom.